The van der Waals surface area contributed by atoms with Crippen LogP contribution in [0.5, 0.6) is 0 Å². The van der Waals surface area contributed by atoms with Gasteiger partial charge in [-0.2, -0.15) is 5.10 Å². The largest absolute Gasteiger partial charge is 0.381 e. The molecule has 5 heteroatoms. The van der Waals surface area contributed by atoms with Crippen LogP contribution in [-0.2, 0) is 11.2 Å². The molecule has 20 heavy (non-hydrogen) atoms. The molecular weight excluding hydrogens is 252 g/mol. The fourth-order valence-electron chi connectivity index (χ4n) is 2.78. The Morgan fingerprint density at radius 1 is 1.40 bits per heavy atom. The predicted molar refractivity (Wildman–Crippen MR) is 79.7 cm³/mol. The van der Waals surface area contributed by atoms with Crippen molar-refractivity contribution < 1.29 is 4.74 Å². The molecule has 0 saturated carbocycles. The molecule has 5 nitrogen and oxygen atoms in total. The lowest BCUT2D eigenvalue weighted by atomic mass is 9.83. The topological polar surface area (TPSA) is 52.0 Å². The van der Waals surface area contributed by atoms with Gasteiger partial charge in [0.25, 0.3) is 0 Å². The maximum absolute atomic E-state index is 5.67. The number of hydrogen-bond acceptors (Lipinski definition) is 4. The monoisotopic (exact) mass is 280 g/mol. The summed E-state index contributed by atoms with van der Waals surface area (Å²) < 4.78 is 7.70. The van der Waals surface area contributed by atoms with E-state index in [4.69, 9.17) is 4.74 Å². The summed E-state index contributed by atoms with van der Waals surface area (Å²) in [5.41, 5.74) is 0.175. The smallest absolute Gasteiger partial charge is 0.138 e. The zero-order chi connectivity index (χ0) is 14.6. The third-order valence-electron chi connectivity index (χ3n) is 3.91. The number of ether oxygens (including phenoxy) is 1. The summed E-state index contributed by atoms with van der Waals surface area (Å²) >= 11 is 0. The van der Waals surface area contributed by atoms with E-state index in [-0.39, 0.29) is 5.41 Å². The Hall–Kier alpha value is -0.940. The van der Waals surface area contributed by atoms with E-state index < -0.39 is 0 Å². The van der Waals surface area contributed by atoms with Gasteiger partial charge in [-0.3, -0.25) is 0 Å². The Morgan fingerprint density at radius 3 is 2.80 bits per heavy atom. The third kappa shape index (κ3) is 3.79. The highest BCUT2D eigenvalue weighted by molar-refractivity contribution is 4.98. The Kier molecular flexibility index (Phi) is 5.16. The summed E-state index contributed by atoms with van der Waals surface area (Å²) in [5.74, 6) is 1.76. The lowest BCUT2D eigenvalue weighted by Crippen LogP contribution is -2.39. The van der Waals surface area contributed by atoms with Crippen LogP contribution in [0.25, 0.3) is 0 Å². The van der Waals surface area contributed by atoms with E-state index >= 15 is 0 Å². The van der Waals surface area contributed by atoms with E-state index in [1.54, 1.807) is 6.33 Å². The number of nitrogens with zero attached hydrogens (tertiary/aromatic N) is 3. The Balaban J connectivity index is 2.03. The van der Waals surface area contributed by atoms with Crippen molar-refractivity contribution in [2.45, 2.75) is 46.6 Å². The van der Waals surface area contributed by atoms with Gasteiger partial charge in [0.1, 0.15) is 12.2 Å². The van der Waals surface area contributed by atoms with Crippen LogP contribution in [0.15, 0.2) is 6.33 Å². The molecule has 1 aliphatic rings. The maximum Gasteiger partial charge on any atom is 0.138 e. The van der Waals surface area contributed by atoms with Crippen LogP contribution in [0.1, 0.15) is 46.0 Å². The molecule has 0 aromatic carbocycles. The second-order valence-electron chi connectivity index (χ2n) is 6.72. The molecule has 1 aliphatic heterocycles. The molecule has 1 fully saturated rings. The molecular formula is C15H28N4O. The van der Waals surface area contributed by atoms with Gasteiger partial charge in [0.2, 0.25) is 0 Å². The molecule has 0 bridgehead atoms. The van der Waals surface area contributed by atoms with Gasteiger partial charge < -0.3 is 10.1 Å². The zero-order valence-electron chi connectivity index (χ0n) is 13.2. The van der Waals surface area contributed by atoms with Crippen LogP contribution in [-0.4, -0.2) is 41.1 Å². The van der Waals surface area contributed by atoms with Crippen LogP contribution in [0.2, 0.25) is 0 Å². The van der Waals surface area contributed by atoms with Gasteiger partial charge in [-0.15, -0.1) is 0 Å². The Labute approximate surface area is 122 Å². The SMILES string of the molecule is CC(C)CNCC1(Cc2ncnn2C(C)C)CCOC1. The van der Waals surface area contributed by atoms with Crippen LogP contribution in [0.3, 0.4) is 0 Å². The molecule has 1 aromatic rings. The summed E-state index contributed by atoms with van der Waals surface area (Å²) in [4.78, 5) is 4.46. The van der Waals surface area contributed by atoms with Crippen LogP contribution in [0.4, 0.5) is 0 Å². The highest BCUT2D eigenvalue weighted by Gasteiger charge is 2.36. The van der Waals surface area contributed by atoms with Gasteiger partial charge in [-0.25, -0.2) is 9.67 Å². The second-order valence-corrected chi connectivity index (χ2v) is 6.72. The molecule has 1 saturated heterocycles. The summed E-state index contributed by atoms with van der Waals surface area (Å²) in [6.45, 7) is 12.5. The summed E-state index contributed by atoms with van der Waals surface area (Å²) in [7, 11) is 0. The highest BCUT2D eigenvalue weighted by Crippen LogP contribution is 2.32. The van der Waals surface area contributed by atoms with E-state index in [9.17, 15) is 0 Å². The quantitative estimate of drug-likeness (QED) is 0.830. The van der Waals surface area contributed by atoms with Crippen molar-refractivity contribution in [1.29, 1.82) is 0 Å². The molecule has 0 aliphatic carbocycles. The van der Waals surface area contributed by atoms with Crippen molar-refractivity contribution in [3.63, 3.8) is 0 Å². The highest BCUT2D eigenvalue weighted by atomic mass is 16.5. The predicted octanol–water partition coefficient (Wildman–Crippen LogP) is 2.05. The molecule has 1 atom stereocenters. The first kappa shape index (κ1) is 15.4. The van der Waals surface area contributed by atoms with Crippen LogP contribution < -0.4 is 5.32 Å². The number of rotatable bonds is 7. The first-order valence-electron chi connectivity index (χ1n) is 7.69. The number of nitrogens with one attached hydrogen (secondary N) is 1. The Bertz CT molecular complexity index is 408. The number of aromatic nitrogens is 3. The van der Waals surface area contributed by atoms with E-state index in [1.165, 1.54) is 0 Å². The first-order chi connectivity index (χ1) is 9.52. The molecule has 0 spiro atoms. The number of hydrogen-bond donors (Lipinski definition) is 1. The van der Waals surface area contributed by atoms with E-state index in [1.807, 2.05) is 4.68 Å². The van der Waals surface area contributed by atoms with Crippen LogP contribution in [0, 0.1) is 11.3 Å². The van der Waals surface area contributed by atoms with Crippen molar-refractivity contribution in [3.05, 3.63) is 12.2 Å². The van der Waals surface area contributed by atoms with Gasteiger partial charge in [0.05, 0.1) is 6.61 Å². The van der Waals surface area contributed by atoms with E-state index in [2.05, 4.69) is 43.1 Å². The lowest BCUT2D eigenvalue weighted by molar-refractivity contribution is 0.146. The summed E-state index contributed by atoms with van der Waals surface area (Å²) in [6.07, 6.45) is 3.71. The fourth-order valence-corrected chi connectivity index (χ4v) is 2.78. The van der Waals surface area contributed by atoms with E-state index in [0.29, 0.717) is 12.0 Å². The normalized spacial score (nSPS) is 23.1. The molecule has 0 radical (unpaired) electrons. The molecule has 114 valence electrons. The molecule has 1 N–H and O–H groups in total. The second kappa shape index (κ2) is 6.68. The van der Waals surface area contributed by atoms with Crippen molar-refractivity contribution >= 4 is 0 Å². The molecule has 0 amide bonds. The Morgan fingerprint density at radius 2 is 2.20 bits per heavy atom. The average molecular weight is 280 g/mol. The van der Waals surface area contributed by atoms with Gasteiger partial charge in [-0.1, -0.05) is 13.8 Å². The van der Waals surface area contributed by atoms with Crippen molar-refractivity contribution in [2.24, 2.45) is 11.3 Å². The lowest BCUT2D eigenvalue weighted by Gasteiger charge is -2.28. The van der Waals surface area contributed by atoms with Crippen molar-refractivity contribution in [3.8, 4) is 0 Å². The first-order valence-corrected chi connectivity index (χ1v) is 7.69. The fraction of sp³-hybridized carbons (Fsp3) is 0.867. The molecule has 2 rings (SSSR count). The van der Waals surface area contributed by atoms with Crippen molar-refractivity contribution in [2.75, 3.05) is 26.3 Å². The zero-order valence-corrected chi connectivity index (χ0v) is 13.2. The molecule has 1 aromatic heterocycles. The molecule has 2 heterocycles. The minimum Gasteiger partial charge on any atom is -0.381 e. The van der Waals surface area contributed by atoms with Gasteiger partial charge in [0.15, 0.2) is 0 Å². The van der Waals surface area contributed by atoms with Crippen molar-refractivity contribution in [1.82, 2.24) is 20.1 Å². The van der Waals surface area contributed by atoms with E-state index in [0.717, 1.165) is 45.0 Å². The van der Waals surface area contributed by atoms with Crippen LogP contribution >= 0.6 is 0 Å². The summed E-state index contributed by atoms with van der Waals surface area (Å²) in [6, 6.07) is 0.357. The minimum absolute atomic E-state index is 0.175. The summed E-state index contributed by atoms with van der Waals surface area (Å²) in [5, 5.41) is 7.93. The molecule has 1 unspecified atom stereocenters. The third-order valence-corrected chi connectivity index (χ3v) is 3.91. The minimum atomic E-state index is 0.175. The maximum atomic E-state index is 5.67. The van der Waals surface area contributed by atoms with Gasteiger partial charge in [0, 0.05) is 31.0 Å². The standard InChI is InChI=1S/C15H28N4O/c1-12(2)8-16-9-15(5-6-20-10-15)7-14-17-11-18-19(14)13(3)4/h11-13,16H,5-10H2,1-4H3. The van der Waals surface area contributed by atoms with Gasteiger partial charge in [-0.05, 0) is 32.7 Å². The van der Waals surface area contributed by atoms with Gasteiger partial charge >= 0.3 is 0 Å². The average Bonchev–Trinajstić information content (AvgIpc) is 2.99.